The van der Waals surface area contributed by atoms with Crippen LogP contribution in [0.15, 0.2) is 0 Å². The summed E-state index contributed by atoms with van der Waals surface area (Å²) in [5.74, 6) is 0.622. The van der Waals surface area contributed by atoms with E-state index in [-0.39, 0.29) is 5.79 Å². The number of ether oxygens (including phenoxy) is 2. The maximum atomic E-state index is 5.72. The van der Waals surface area contributed by atoms with Crippen LogP contribution in [0.25, 0.3) is 0 Å². The zero-order chi connectivity index (χ0) is 9.15. The first kappa shape index (κ1) is 9.94. The fourth-order valence-corrected chi connectivity index (χ4v) is 3.11. The van der Waals surface area contributed by atoms with Crippen LogP contribution in [0.5, 0.6) is 0 Å². The molecule has 1 saturated carbocycles. The molecule has 3 heteroatoms. The van der Waals surface area contributed by atoms with Gasteiger partial charge in [-0.25, -0.2) is 0 Å². The topological polar surface area (TPSA) is 18.5 Å². The van der Waals surface area contributed by atoms with Gasteiger partial charge in [-0.1, -0.05) is 22.4 Å². The normalized spacial score (nSPS) is 32.5. The van der Waals surface area contributed by atoms with Crippen molar-refractivity contribution < 1.29 is 9.47 Å². The molecule has 0 aromatic carbocycles. The van der Waals surface area contributed by atoms with Crippen LogP contribution in [0, 0.1) is 5.92 Å². The minimum Gasteiger partial charge on any atom is -0.348 e. The van der Waals surface area contributed by atoms with E-state index in [1.807, 2.05) is 0 Å². The van der Waals surface area contributed by atoms with Gasteiger partial charge >= 0.3 is 0 Å². The summed E-state index contributed by atoms with van der Waals surface area (Å²) in [5, 5.41) is 1.10. The Morgan fingerprint density at radius 1 is 1.31 bits per heavy atom. The van der Waals surface area contributed by atoms with Crippen molar-refractivity contribution in [3.63, 3.8) is 0 Å². The molecule has 1 atom stereocenters. The second kappa shape index (κ2) is 4.28. The first-order chi connectivity index (χ1) is 6.35. The van der Waals surface area contributed by atoms with Gasteiger partial charge in [0, 0.05) is 18.2 Å². The summed E-state index contributed by atoms with van der Waals surface area (Å²) in [6.07, 6.45) is 6.08. The monoisotopic (exact) mass is 248 g/mol. The van der Waals surface area contributed by atoms with Crippen molar-refractivity contribution in [2.75, 3.05) is 18.5 Å². The standard InChI is InChI=1S/C10H17BrO2/c11-5-3-9-2-1-4-10(8-9)12-6-7-13-10/h9H,1-8H2/t9-/m1/s1. The molecule has 76 valence electrons. The van der Waals surface area contributed by atoms with Gasteiger partial charge in [-0.05, 0) is 18.8 Å². The Hall–Kier alpha value is 0.400. The van der Waals surface area contributed by atoms with Crippen LogP contribution in [-0.2, 0) is 9.47 Å². The van der Waals surface area contributed by atoms with Gasteiger partial charge in [0.2, 0.25) is 0 Å². The van der Waals surface area contributed by atoms with Crippen molar-refractivity contribution in [3.05, 3.63) is 0 Å². The minimum atomic E-state index is -0.176. The van der Waals surface area contributed by atoms with Gasteiger partial charge in [-0.15, -0.1) is 0 Å². The average molecular weight is 249 g/mol. The van der Waals surface area contributed by atoms with E-state index in [2.05, 4.69) is 15.9 Å². The van der Waals surface area contributed by atoms with Crippen molar-refractivity contribution in [2.45, 2.75) is 37.9 Å². The molecular formula is C10H17BrO2. The minimum absolute atomic E-state index is 0.176. The number of alkyl halides is 1. The number of hydrogen-bond donors (Lipinski definition) is 0. The van der Waals surface area contributed by atoms with Crippen LogP contribution in [0.2, 0.25) is 0 Å². The first-order valence-corrected chi connectivity index (χ1v) is 6.31. The molecule has 0 aromatic heterocycles. The molecule has 1 aliphatic heterocycles. The third kappa shape index (κ3) is 2.25. The highest BCUT2D eigenvalue weighted by Crippen LogP contribution is 2.39. The molecule has 1 spiro atoms. The molecular weight excluding hydrogens is 232 g/mol. The van der Waals surface area contributed by atoms with E-state index in [4.69, 9.17) is 9.47 Å². The third-order valence-corrected chi connectivity index (χ3v) is 3.56. The molecule has 2 rings (SSSR count). The molecule has 0 amide bonds. The molecule has 0 unspecified atom stereocenters. The van der Waals surface area contributed by atoms with E-state index in [0.29, 0.717) is 0 Å². The largest absolute Gasteiger partial charge is 0.348 e. The molecule has 0 aromatic rings. The van der Waals surface area contributed by atoms with Gasteiger partial charge < -0.3 is 9.47 Å². The summed E-state index contributed by atoms with van der Waals surface area (Å²) in [7, 11) is 0. The van der Waals surface area contributed by atoms with Crippen LogP contribution >= 0.6 is 15.9 Å². The molecule has 13 heavy (non-hydrogen) atoms. The number of hydrogen-bond acceptors (Lipinski definition) is 2. The van der Waals surface area contributed by atoms with E-state index < -0.39 is 0 Å². The van der Waals surface area contributed by atoms with Gasteiger partial charge in [-0.3, -0.25) is 0 Å². The third-order valence-electron chi connectivity index (χ3n) is 3.10. The maximum absolute atomic E-state index is 5.72. The van der Waals surface area contributed by atoms with Crippen LogP contribution in [0.4, 0.5) is 0 Å². The maximum Gasteiger partial charge on any atom is 0.168 e. The summed E-state index contributed by atoms with van der Waals surface area (Å²) >= 11 is 3.50. The highest BCUT2D eigenvalue weighted by molar-refractivity contribution is 9.09. The van der Waals surface area contributed by atoms with Gasteiger partial charge in [-0.2, -0.15) is 0 Å². The van der Waals surface area contributed by atoms with Crippen molar-refractivity contribution >= 4 is 15.9 Å². The Bertz CT molecular complexity index is 164. The summed E-state index contributed by atoms with van der Waals surface area (Å²) < 4.78 is 11.4. The zero-order valence-electron chi connectivity index (χ0n) is 7.93. The van der Waals surface area contributed by atoms with E-state index in [1.165, 1.54) is 19.3 Å². The Morgan fingerprint density at radius 2 is 2.08 bits per heavy atom. The van der Waals surface area contributed by atoms with E-state index in [0.717, 1.165) is 37.3 Å². The Balaban J connectivity index is 1.90. The average Bonchev–Trinajstić information content (AvgIpc) is 2.54. The number of halogens is 1. The van der Waals surface area contributed by atoms with Gasteiger partial charge in [0.25, 0.3) is 0 Å². The van der Waals surface area contributed by atoms with Crippen molar-refractivity contribution in [3.8, 4) is 0 Å². The molecule has 2 aliphatic rings. The van der Waals surface area contributed by atoms with Crippen LogP contribution in [0.1, 0.15) is 32.1 Å². The predicted molar refractivity (Wildman–Crippen MR) is 55.0 cm³/mol. The van der Waals surface area contributed by atoms with E-state index >= 15 is 0 Å². The van der Waals surface area contributed by atoms with Crippen LogP contribution < -0.4 is 0 Å². The SMILES string of the molecule is BrCC[C@H]1CCCC2(C1)OCCO2. The molecule has 2 fully saturated rings. The molecule has 0 N–H and O–H groups in total. The zero-order valence-corrected chi connectivity index (χ0v) is 9.51. The molecule has 0 radical (unpaired) electrons. The van der Waals surface area contributed by atoms with E-state index in [1.54, 1.807) is 0 Å². The Morgan fingerprint density at radius 3 is 2.77 bits per heavy atom. The van der Waals surface area contributed by atoms with Gasteiger partial charge in [0.15, 0.2) is 5.79 Å². The van der Waals surface area contributed by atoms with Crippen LogP contribution in [-0.4, -0.2) is 24.3 Å². The predicted octanol–water partition coefficient (Wildman–Crippen LogP) is 2.70. The lowest BCUT2D eigenvalue weighted by Gasteiger charge is -2.36. The highest BCUT2D eigenvalue weighted by Gasteiger charge is 2.40. The molecule has 1 saturated heterocycles. The van der Waals surface area contributed by atoms with E-state index in [9.17, 15) is 0 Å². The fraction of sp³-hybridized carbons (Fsp3) is 1.00. The second-order valence-corrected chi connectivity index (χ2v) is 4.84. The molecule has 0 bridgehead atoms. The first-order valence-electron chi connectivity index (χ1n) is 5.18. The summed E-state index contributed by atoms with van der Waals surface area (Å²) in [5.41, 5.74) is 0. The molecule has 1 heterocycles. The lowest BCUT2D eigenvalue weighted by atomic mass is 9.83. The fourth-order valence-electron chi connectivity index (χ4n) is 2.46. The lowest BCUT2D eigenvalue weighted by Crippen LogP contribution is -2.36. The van der Waals surface area contributed by atoms with Crippen LogP contribution in [0.3, 0.4) is 0 Å². The summed E-state index contributed by atoms with van der Waals surface area (Å²) in [6, 6.07) is 0. The Labute approximate surface area is 88.1 Å². The summed E-state index contributed by atoms with van der Waals surface area (Å²) in [6.45, 7) is 1.59. The smallest absolute Gasteiger partial charge is 0.168 e. The van der Waals surface area contributed by atoms with Crippen molar-refractivity contribution in [2.24, 2.45) is 5.92 Å². The quantitative estimate of drug-likeness (QED) is 0.700. The number of rotatable bonds is 2. The highest BCUT2D eigenvalue weighted by atomic mass is 79.9. The van der Waals surface area contributed by atoms with Gasteiger partial charge in [0.1, 0.15) is 0 Å². The summed E-state index contributed by atoms with van der Waals surface area (Å²) in [4.78, 5) is 0. The lowest BCUT2D eigenvalue weighted by molar-refractivity contribution is -0.186. The Kier molecular flexibility index (Phi) is 3.27. The molecule has 2 nitrogen and oxygen atoms in total. The van der Waals surface area contributed by atoms with Gasteiger partial charge in [0.05, 0.1) is 13.2 Å². The molecule has 1 aliphatic carbocycles. The second-order valence-electron chi connectivity index (χ2n) is 4.05. The van der Waals surface area contributed by atoms with Crippen molar-refractivity contribution in [1.29, 1.82) is 0 Å². The van der Waals surface area contributed by atoms with Crippen molar-refractivity contribution in [1.82, 2.24) is 0 Å².